The average molecular weight is 668 g/mol. The van der Waals surface area contributed by atoms with Gasteiger partial charge in [-0.25, -0.2) is 4.79 Å². The summed E-state index contributed by atoms with van der Waals surface area (Å²) >= 11 is 2.83. The molecule has 1 aliphatic carbocycles. The molecule has 1 unspecified atom stereocenters. The molecule has 4 aromatic rings. The van der Waals surface area contributed by atoms with Gasteiger partial charge in [0.05, 0.1) is 17.9 Å². The predicted molar refractivity (Wildman–Crippen MR) is 189 cm³/mol. The highest BCUT2D eigenvalue weighted by Crippen LogP contribution is 2.39. The lowest BCUT2D eigenvalue weighted by atomic mass is 9.95. The Balaban J connectivity index is 1.31. The van der Waals surface area contributed by atoms with Crippen molar-refractivity contribution in [2.45, 2.75) is 56.1 Å². The van der Waals surface area contributed by atoms with Crippen LogP contribution < -0.4 is 16.0 Å². The first kappa shape index (κ1) is 33.7. The van der Waals surface area contributed by atoms with E-state index in [4.69, 9.17) is 4.74 Å². The third kappa shape index (κ3) is 8.58. The SMILES string of the molecule is CCC(Sc1cccc(NC(=O)/C(=C/c2ccc(C)cc2)NC(=O)c2ccccc2)c1)C(=O)Nc1sc2c(c1C(=O)OC)CCCC2. The van der Waals surface area contributed by atoms with Crippen molar-refractivity contribution < 1.29 is 23.9 Å². The summed E-state index contributed by atoms with van der Waals surface area (Å²) in [7, 11) is 1.36. The molecular weight excluding hydrogens is 631 g/mol. The van der Waals surface area contributed by atoms with Gasteiger partial charge in [0, 0.05) is 21.0 Å². The van der Waals surface area contributed by atoms with Crippen molar-refractivity contribution >= 4 is 63.6 Å². The molecule has 0 fully saturated rings. The lowest BCUT2D eigenvalue weighted by Crippen LogP contribution is -2.30. The van der Waals surface area contributed by atoms with Crippen molar-refractivity contribution in [3.63, 3.8) is 0 Å². The van der Waals surface area contributed by atoms with Gasteiger partial charge in [0.2, 0.25) is 5.91 Å². The van der Waals surface area contributed by atoms with Crippen LogP contribution in [0.4, 0.5) is 10.7 Å². The number of aryl methyl sites for hydroxylation is 2. The van der Waals surface area contributed by atoms with Gasteiger partial charge in [0.1, 0.15) is 10.7 Å². The summed E-state index contributed by atoms with van der Waals surface area (Å²) in [6.45, 7) is 3.91. The molecule has 0 spiro atoms. The van der Waals surface area contributed by atoms with Crippen molar-refractivity contribution in [2.24, 2.45) is 0 Å². The molecule has 1 atom stereocenters. The maximum atomic E-state index is 13.5. The van der Waals surface area contributed by atoms with Crippen LogP contribution in [-0.2, 0) is 27.2 Å². The first-order valence-electron chi connectivity index (χ1n) is 15.5. The largest absolute Gasteiger partial charge is 0.465 e. The molecule has 47 heavy (non-hydrogen) atoms. The summed E-state index contributed by atoms with van der Waals surface area (Å²) in [4.78, 5) is 54.6. The second kappa shape index (κ2) is 15.8. The number of amides is 3. The minimum Gasteiger partial charge on any atom is -0.465 e. The molecule has 1 aromatic heterocycles. The van der Waals surface area contributed by atoms with E-state index >= 15 is 0 Å². The fraction of sp³-hybridized carbons (Fsp3) is 0.243. The van der Waals surface area contributed by atoms with Crippen molar-refractivity contribution in [1.82, 2.24) is 5.32 Å². The zero-order valence-electron chi connectivity index (χ0n) is 26.6. The summed E-state index contributed by atoms with van der Waals surface area (Å²) < 4.78 is 5.06. The molecule has 0 bridgehead atoms. The number of fused-ring (bicyclic) bond motifs is 1. The normalized spacial score (nSPS) is 13.2. The van der Waals surface area contributed by atoms with E-state index in [9.17, 15) is 19.2 Å². The van der Waals surface area contributed by atoms with E-state index in [0.29, 0.717) is 28.2 Å². The Hall–Kier alpha value is -4.67. The van der Waals surface area contributed by atoms with Gasteiger partial charge in [-0.2, -0.15) is 0 Å². The first-order chi connectivity index (χ1) is 22.7. The van der Waals surface area contributed by atoms with E-state index in [1.165, 1.54) is 30.2 Å². The second-order valence-electron chi connectivity index (χ2n) is 11.2. The molecule has 3 amide bonds. The van der Waals surface area contributed by atoms with Crippen LogP contribution in [0.15, 0.2) is 89.5 Å². The molecule has 0 saturated carbocycles. The van der Waals surface area contributed by atoms with E-state index in [0.717, 1.165) is 52.1 Å². The summed E-state index contributed by atoms with van der Waals surface area (Å²) in [5.41, 5.74) is 4.33. The molecule has 10 heteroatoms. The van der Waals surface area contributed by atoms with Crippen molar-refractivity contribution in [1.29, 1.82) is 0 Å². The molecule has 5 rings (SSSR count). The highest BCUT2D eigenvalue weighted by molar-refractivity contribution is 8.00. The summed E-state index contributed by atoms with van der Waals surface area (Å²) in [5, 5.41) is 8.77. The molecule has 0 saturated heterocycles. The number of methoxy groups -OCH3 is 1. The predicted octanol–water partition coefficient (Wildman–Crippen LogP) is 7.64. The quantitative estimate of drug-likeness (QED) is 0.0861. The fourth-order valence-corrected chi connectivity index (χ4v) is 7.56. The van der Waals surface area contributed by atoms with Gasteiger partial charge < -0.3 is 20.7 Å². The van der Waals surface area contributed by atoms with Gasteiger partial charge in [-0.1, -0.05) is 61.0 Å². The standard InChI is InChI=1S/C37H37N3O5S2/c1-4-30(35(43)40-36-32(37(44)45-3)28-15-8-9-16-31(28)47-36)46-27-14-10-13-26(22-27)38-34(42)29(21-24-19-17-23(2)18-20-24)39-33(41)25-11-6-5-7-12-25/h5-7,10-14,17-22,30H,4,8-9,15-16H2,1-3H3,(H,38,42)(H,39,41)(H,40,43)/b29-21-. The Morgan fingerprint density at radius 3 is 2.40 bits per heavy atom. The van der Waals surface area contributed by atoms with Crippen LogP contribution in [0.1, 0.15) is 68.5 Å². The van der Waals surface area contributed by atoms with Gasteiger partial charge in [-0.15, -0.1) is 23.1 Å². The number of benzene rings is 3. The molecule has 8 nitrogen and oxygen atoms in total. The second-order valence-corrected chi connectivity index (χ2v) is 13.6. The van der Waals surface area contributed by atoms with Crippen molar-refractivity contribution in [2.75, 3.05) is 17.7 Å². The number of carbonyl (C=O) groups excluding carboxylic acids is 4. The third-order valence-electron chi connectivity index (χ3n) is 7.75. The Bertz CT molecular complexity index is 1800. The van der Waals surface area contributed by atoms with Gasteiger partial charge >= 0.3 is 5.97 Å². The number of hydrogen-bond donors (Lipinski definition) is 3. The zero-order valence-corrected chi connectivity index (χ0v) is 28.2. The third-order valence-corrected chi connectivity index (χ3v) is 10.3. The number of anilines is 2. The highest BCUT2D eigenvalue weighted by atomic mass is 32.2. The van der Waals surface area contributed by atoms with Gasteiger partial charge in [0.25, 0.3) is 11.8 Å². The minimum absolute atomic E-state index is 0.0895. The molecule has 0 radical (unpaired) electrons. The highest BCUT2D eigenvalue weighted by Gasteiger charge is 2.28. The van der Waals surface area contributed by atoms with Crippen LogP contribution in [0.5, 0.6) is 0 Å². The Kier molecular flexibility index (Phi) is 11.3. The van der Waals surface area contributed by atoms with Crippen LogP contribution in [0.25, 0.3) is 6.08 Å². The number of rotatable bonds is 11. The molecule has 3 N–H and O–H groups in total. The molecule has 242 valence electrons. The van der Waals surface area contributed by atoms with Crippen LogP contribution >= 0.6 is 23.1 Å². The maximum absolute atomic E-state index is 13.5. The number of carbonyl (C=O) groups is 4. The van der Waals surface area contributed by atoms with Crippen LogP contribution in [0, 0.1) is 6.92 Å². The summed E-state index contributed by atoms with van der Waals surface area (Å²) in [6.07, 6.45) is 5.93. The molecule has 1 aliphatic rings. The Labute approximate surface area is 283 Å². The molecular formula is C37H37N3O5S2. The lowest BCUT2D eigenvalue weighted by molar-refractivity contribution is -0.116. The van der Waals surface area contributed by atoms with E-state index in [1.54, 1.807) is 48.5 Å². The summed E-state index contributed by atoms with van der Waals surface area (Å²) in [6, 6.07) is 23.6. The minimum atomic E-state index is -0.487. The topological polar surface area (TPSA) is 114 Å². The smallest absolute Gasteiger partial charge is 0.341 e. The zero-order chi connectivity index (χ0) is 33.3. The van der Waals surface area contributed by atoms with Crippen molar-refractivity contribution in [3.8, 4) is 0 Å². The monoisotopic (exact) mass is 667 g/mol. The van der Waals surface area contributed by atoms with Crippen LogP contribution in [-0.4, -0.2) is 36.1 Å². The summed E-state index contributed by atoms with van der Waals surface area (Å²) in [5.74, 6) is -1.52. The van der Waals surface area contributed by atoms with Crippen LogP contribution in [0.2, 0.25) is 0 Å². The number of hydrogen-bond acceptors (Lipinski definition) is 7. The number of nitrogens with one attached hydrogen (secondary N) is 3. The average Bonchev–Trinajstić information content (AvgIpc) is 3.45. The number of ether oxygens (including phenoxy) is 1. The first-order valence-corrected chi connectivity index (χ1v) is 17.2. The number of thiophene rings is 1. The van der Waals surface area contributed by atoms with Gasteiger partial charge in [-0.05, 0) is 86.6 Å². The van der Waals surface area contributed by atoms with Crippen molar-refractivity contribution in [3.05, 3.63) is 117 Å². The molecule has 3 aromatic carbocycles. The Morgan fingerprint density at radius 2 is 1.68 bits per heavy atom. The Morgan fingerprint density at radius 1 is 0.936 bits per heavy atom. The number of esters is 1. The van der Waals surface area contributed by atoms with E-state index in [-0.39, 0.29) is 11.6 Å². The van der Waals surface area contributed by atoms with E-state index in [2.05, 4.69) is 16.0 Å². The van der Waals surface area contributed by atoms with Gasteiger partial charge in [0.15, 0.2) is 0 Å². The maximum Gasteiger partial charge on any atom is 0.341 e. The lowest BCUT2D eigenvalue weighted by Gasteiger charge is -2.16. The van der Waals surface area contributed by atoms with Gasteiger partial charge in [-0.3, -0.25) is 14.4 Å². The van der Waals surface area contributed by atoms with E-state index in [1.807, 2.05) is 50.2 Å². The van der Waals surface area contributed by atoms with E-state index < -0.39 is 23.0 Å². The molecule has 1 heterocycles. The van der Waals surface area contributed by atoms with Crippen LogP contribution in [0.3, 0.4) is 0 Å². The number of thioether (sulfide) groups is 1. The fourth-order valence-electron chi connectivity index (χ4n) is 5.27. The molecule has 0 aliphatic heterocycles.